The quantitative estimate of drug-likeness (QED) is 0.753. The number of rotatable bonds is 3. The Morgan fingerprint density at radius 3 is 2.93 bits per heavy atom. The largest absolute Gasteiger partial charge is 0.380 e. The molecule has 14 heavy (non-hydrogen) atoms. The maximum atomic E-state index is 5.36. The molecule has 2 aliphatic rings. The third-order valence-corrected chi connectivity index (χ3v) is 4.40. The molecule has 0 aliphatic carbocycles. The maximum Gasteiger partial charge on any atom is 0.0723 e. The van der Waals surface area contributed by atoms with E-state index in [4.69, 9.17) is 4.74 Å². The molecule has 2 rings (SSSR count). The Morgan fingerprint density at radius 1 is 1.50 bits per heavy atom. The smallest absolute Gasteiger partial charge is 0.0723 e. The first-order valence-electron chi connectivity index (χ1n) is 5.36. The summed E-state index contributed by atoms with van der Waals surface area (Å²) in [4.78, 5) is 2.57. The van der Waals surface area contributed by atoms with E-state index < -0.39 is 0 Å². The molecule has 2 aliphatic heterocycles. The molecule has 0 amide bonds. The molecule has 0 aromatic carbocycles. The third kappa shape index (κ3) is 2.24. The Labute approximate surface area is 90.6 Å². The van der Waals surface area contributed by atoms with Crippen molar-refractivity contribution in [1.82, 2.24) is 10.2 Å². The van der Waals surface area contributed by atoms with Gasteiger partial charge in [-0.05, 0) is 12.7 Å². The Hall–Kier alpha value is 0.230. The first kappa shape index (κ1) is 10.7. The average molecular weight is 216 g/mol. The highest BCUT2D eigenvalue weighted by molar-refractivity contribution is 7.99. The minimum Gasteiger partial charge on any atom is -0.380 e. The van der Waals surface area contributed by atoms with Crippen molar-refractivity contribution in [2.24, 2.45) is 0 Å². The lowest BCUT2D eigenvalue weighted by atomic mass is 10.2. The van der Waals surface area contributed by atoms with Crippen LogP contribution in [0.3, 0.4) is 0 Å². The van der Waals surface area contributed by atoms with Crippen molar-refractivity contribution >= 4 is 11.8 Å². The molecule has 3 atom stereocenters. The van der Waals surface area contributed by atoms with Crippen LogP contribution in [-0.2, 0) is 4.74 Å². The summed E-state index contributed by atoms with van der Waals surface area (Å²) in [6, 6.07) is 0. The molecule has 3 nitrogen and oxygen atoms in total. The van der Waals surface area contributed by atoms with Gasteiger partial charge in [0.05, 0.1) is 12.3 Å². The molecule has 2 fully saturated rings. The zero-order valence-corrected chi connectivity index (χ0v) is 9.85. The van der Waals surface area contributed by atoms with E-state index in [9.17, 15) is 0 Å². The van der Waals surface area contributed by atoms with Gasteiger partial charge in [0.2, 0.25) is 0 Å². The summed E-state index contributed by atoms with van der Waals surface area (Å²) in [5.41, 5.74) is 0. The first-order valence-corrected chi connectivity index (χ1v) is 6.65. The van der Waals surface area contributed by atoms with Gasteiger partial charge in [0, 0.05) is 38.4 Å². The summed E-state index contributed by atoms with van der Waals surface area (Å²) in [6.07, 6.45) is 5.70. The number of nitrogens with zero attached hydrogens (tertiary/aromatic N) is 1. The van der Waals surface area contributed by atoms with E-state index in [1.807, 2.05) is 18.9 Å². The van der Waals surface area contributed by atoms with Crippen LogP contribution in [0.4, 0.5) is 0 Å². The van der Waals surface area contributed by atoms with Gasteiger partial charge in [-0.25, -0.2) is 0 Å². The molecule has 2 heterocycles. The van der Waals surface area contributed by atoms with Crippen molar-refractivity contribution in [2.45, 2.75) is 30.4 Å². The second-order valence-corrected chi connectivity index (χ2v) is 5.30. The molecular weight excluding hydrogens is 196 g/mol. The molecule has 0 spiro atoms. The maximum absolute atomic E-state index is 5.36. The lowest BCUT2D eigenvalue weighted by molar-refractivity contribution is 0.108. The fraction of sp³-hybridized carbons (Fsp3) is 1.00. The van der Waals surface area contributed by atoms with Crippen LogP contribution in [0, 0.1) is 0 Å². The van der Waals surface area contributed by atoms with Gasteiger partial charge in [0.25, 0.3) is 0 Å². The van der Waals surface area contributed by atoms with Gasteiger partial charge in [0.15, 0.2) is 0 Å². The van der Waals surface area contributed by atoms with Crippen LogP contribution in [0.5, 0.6) is 0 Å². The van der Waals surface area contributed by atoms with Gasteiger partial charge < -0.3 is 4.74 Å². The molecule has 82 valence electrons. The molecule has 0 aromatic rings. The monoisotopic (exact) mass is 216 g/mol. The number of hydrogen-bond donors (Lipinski definition) is 1. The fourth-order valence-corrected chi connectivity index (χ4v) is 3.05. The van der Waals surface area contributed by atoms with Crippen LogP contribution in [0.25, 0.3) is 0 Å². The summed E-state index contributed by atoms with van der Waals surface area (Å²) >= 11 is 2.00. The highest BCUT2D eigenvalue weighted by Gasteiger charge is 2.32. The van der Waals surface area contributed by atoms with Gasteiger partial charge in [0.1, 0.15) is 0 Å². The predicted molar refractivity (Wildman–Crippen MR) is 60.7 cm³/mol. The minimum atomic E-state index is 0.424. The van der Waals surface area contributed by atoms with Crippen molar-refractivity contribution < 1.29 is 4.74 Å². The number of likely N-dealkylation sites (tertiary alicyclic amines) is 1. The SMILES string of the molecule is CO[C@H]1CN[C@H](N2CC[C@@H](SC)C2)C1. The van der Waals surface area contributed by atoms with E-state index in [-0.39, 0.29) is 0 Å². The Bertz CT molecular complexity index is 171. The minimum absolute atomic E-state index is 0.424. The van der Waals surface area contributed by atoms with Crippen molar-refractivity contribution in [3.05, 3.63) is 0 Å². The highest BCUT2D eigenvalue weighted by Crippen LogP contribution is 2.24. The topological polar surface area (TPSA) is 24.5 Å². The Kier molecular flexibility index (Phi) is 3.71. The summed E-state index contributed by atoms with van der Waals surface area (Å²) in [7, 11) is 1.81. The predicted octanol–water partition coefficient (Wildman–Crippen LogP) is 0.758. The van der Waals surface area contributed by atoms with Gasteiger partial charge in [-0.15, -0.1) is 0 Å². The fourth-order valence-electron chi connectivity index (χ4n) is 2.37. The molecule has 0 radical (unpaired) electrons. The van der Waals surface area contributed by atoms with Crippen LogP contribution in [0.1, 0.15) is 12.8 Å². The average Bonchev–Trinajstić information content (AvgIpc) is 2.86. The van der Waals surface area contributed by atoms with Crippen molar-refractivity contribution in [3.8, 4) is 0 Å². The molecule has 2 saturated heterocycles. The van der Waals surface area contributed by atoms with Crippen LogP contribution >= 0.6 is 11.8 Å². The number of nitrogens with one attached hydrogen (secondary N) is 1. The second kappa shape index (κ2) is 4.84. The van der Waals surface area contributed by atoms with E-state index >= 15 is 0 Å². The van der Waals surface area contributed by atoms with Crippen LogP contribution in [-0.4, -0.2) is 55.4 Å². The van der Waals surface area contributed by atoms with E-state index in [1.54, 1.807) is 0 Å². The van der Waals surface area contributed by atoms with Gasteiger partial charge in [-0.1, -0.05) is 0 Å². The summed E-state index contributed by atoms with van der Waals surface area (Å²) in [5.74, 6) is 0. The standard InChI is InChI=1S/C10H20N2OS/c1-13-8-5-10(11-6-8)12-4-3-9(7-12)14-2/h8-11H,3-7H2,1-2H3/t8-,9-,10-/m1/s1. The molecule has 0 unspecified atom stereocenters. The zero-order chi connectivity index (χ0) is 9.97. The lowest BCUT2D eigenvalue weighted by Gasteiger charge is -2.23. The molecule has 1 N–H and O–H groups in total. The molecule has 0 saturated carbocycles. The zero-order valence-electron chi connectivity index (χ0n) is 9.03. The Morgan fingerprint density at radius 2 is 2.36 bits per heavy atom. The van der Waals surface area contributed by atoms with Crippen LogP contribution in [0.2, 0.25) is 0 Å². The summed E-state index contributed by atoms with van der Waals surface area (Å²) in [6.45, 7) is 3.51. The Balaban J connectivity index is 1.80. The number of methoxy groups -OCH3 is 1. The van der Waals surface area contributed by atoms with E-state index in [2.05, 4.69) is 16.5 Å². The van der Waals surface area contributed by atoms with E-state index in [0.29, 0.717) is 12.3 Å². The van der Waals surface area contributed by atoms with Crippen molar-refractivity contribution in [1.29, 1.82) is 0 Å². The van der Waals surface area contributed by atoms with Crippen LogP contribution in [0.15, 0.2) is 0 Å². The van der Waals surface area contributed by atoms with Gasteiger partial charge in [-0.3, -0.25) is 10.2 Å². The van der Waals surface area contributed by atoms with Crippen molar-refractivity contribution in [2.75, 3.05) is 33.0 Å². The normalized spacial score (nSPS) is 39.4. The third-order valence-electron chi connectivity index (χ3n) is 3.35. The van der Waals surface area contributed by atoms with E-state index in [0.717, 1.165) is 18.2 Å². The lowest BCUT2D eigenvalue weighted by Crippen LogP contribution is -2.40. The number of ether oxygens (including phenoxy) is 1. The van der Waals surface area contributed by atoms with E-state index in [1.165, 1.54) is 19.5 Å². The van der Waals surface area contributed by atoms with Gasteiger partial charge in [-0.2, -0.15) is 11.8 Å². The van der Waals surface area contributed by atoms with Crippen LogP contribution < -0.4 is 5.32 Å². The van der Waals surface area contributed by atoms with Gasteiger partial charge >= 0.3 is 0 Å². The second-order valence-electron chi connectivity index (χ2n) is 4.16. The molecule has 0 bridgehead atoms. The summed E-state index contributed by atoms with van der Waals surface area (Å²) in [5, 5.41) is 4.38. The molecule has 0 aromatic heterocycles. The highest BCUT2D eigenvalue weighted by atomic mass is 32.2. The number of hydrogen-bond acceptors (Lipinski definition) is 4. The summed E-state index contributed by atoms with van der Waals surface area (Å²) < 4.78 is 5.36. The van der Waals surface area contributed by atoms with Crippen molar-refractivity contribution in [3.63, 3.8) is 0 Å². The number of thioether (sulfide) groups is 1. The molecular formula is C10H20N2OS. The molecule has 4 heteroatoms. The first-order chi connectivity index (χ1) is 6.83.